The second-order valence-corrected chi connectivity index (χ2v) is 5.60. The summed E-state index contributed by atoms with van der Waals surface area (Å²) in [5.41, 5.74) is 1.38. The highest BCUT2D eigenvalue weighted by Crippen LogP contribution is 2.24. The molecule has 1 aliphatic rings. The number of nitrogens with zero attached hydrogens (tertiary/aromatic N) is 2. The van der Waals surface area contributed by atoms with Gasteiger partial charge in [-0.2, -0.15) is 0 Å². The summed E-state index contributed by atoms with van der Waals surface area (Å²) >= 11 is 0. The zero-order chi connectivity index (χ0) is 17.5. The predicted octanol–water partition coefficient (Wildman–Crippen LogP) is 2.38. The number of hydrogen-bond donors (Lipinski definition) is 1. The van der Waals surface area contributed by atoms with E-state index in [4.69, 9.17) is 9.47 Å². The number of para-hydroxylation sites is 2. The third-order valence-electron chi connectivity index (χ3n) is 3.84. The lowest BCUT2D eigenvalue weighted by Crippen LogP contribution is -2.42. The molecule has 0 unspecified atom stereocenters. The number of benzene rings is 2. The number of carbonyl (C=O) groups excluding carboxylic acids is 1. The summed E-state index contributed by atoms with van der Waals surface area (Å²) in [5.74, 6) is 0.732. The van der Waals surface area contributed by atoms with Gasteiger partial charge in [-0.05, 0) is 42.0 Å². The molecule has 0 atom stereocenters. The van der Waals surface area contributed by atoms with Crippen LogP contribution >= 0.6 is 0 Å². The molecule has 1 saturated heterocycles. The van der Waals surface area contributed by atoms with E-state index in [-0.39, 0.29) is 18.3 Å². The van der Waals surface area contributed by atoms with Crippen molar-refractivity contribution in [3.8, 4) is 11.5 Å². The Morgan fingerprint density at radius 1 is 1.16 bits per heavy atom. The molecular formula is C19H20N2O4. The van der Waals surface area contributed by atoms with Gasteiger partial charge in [-0.15, -0.1) is 0 Å². The third-order valence-corrected chi connectivity index (χ3v) is 3.84. The van der Waals surface area contributed by atoms with Gasteiger partial charge in [0.05, 0.1) is 13.2 Å². The Morgan fingerprint density at radius 3 is 2.60 bits per heavy atom. The summed E-state index contributed by atoms with van der Waals surface area (Å²) in [6.07, 6.45) is 1.66. The normalized spacial score (nSPS) is 14.6. The number of amides is 1. The second-order valence-electron chi connectivity index (χ2n) is 5.60. The molecule has 1 fully saturated rings. The van der Waals surface area contributed by atoms with Gasteiger partial charge < -0.3 is 19.5 Å². The van der Waals surface area contributed by atoms with Crippen LogP contribution in [0.15, 0.2) is 53.5 Å². The molecule has 0 bridgehead atoms. The van der Waals surface area contributed by atoms with E-state index in [2.05, 4.69) is 4.99 Å². The van der Waals surface area contributed by atoms with Crippen LogP contribution in [0.2, 0.25) is 0 Å². The summed E-state index contributed by atoms with van der Waals surface area (Å²) in [4.78, 5) is 18.0. The van der Waals surface area contributed by atoms with Crippen LogP contribution < -0.4 is 4.74 Å². The minimum absolute atomic E-state index is 0.0192. The number of phenols is 1. The van der Waals surface area contributed by atoms with E-state index >= 15 is 0 Å². The van der Waals surface area contributed by atoms with Crippen molar-refractivity contribution in [1.29, 1.82) is 0 Å². The Balaban J connectivity index is 1.53. The standard InChI is InChI=1S/C19H20N2O4/c22-18-4-2-1-3-17(18)20-13-15-5-7-16(8-6-15)25-14-19(23)21-9-11-24-12-10-21/h1-8,13,22H,9-12,14H2. The topological polar surface area (TPSA) is 71.4 Å². The van der Waals surface area contributed by atoms with Crippen molar-refractivity contribution in [2.45, 2.75) is 0 Å². The lowest BCUT2D eigenvalue weighted by atomic mass is 10.2. The number of morpholine rings is 1. The summed E-state index contributed by atoms with van der Waals surface area (Å²) < 4.78 is 10.8. The molecule has 3 rings (SSSR count). The Morgan fingerprint density at radius 2 is 1.88 bits per heavy atom. The SMILES string of the molecule is O=C(COc1ccc(C=Nc2ccccc2O)cc1)N1CCOCC1. The van der Waals surface area contributed by atoms with E-state index < -0.39 is 0 Å². The van der Waals surface area contributed by atoms with Gasteiger partial charge in [-0.1, -0.05) is 12.1 Å². The molecule has 6 nitrogen and oxygen atoms in total. The van der Waals surface area contributed by atoms with Crippen LogP contribution in [0.4, 0.5) is 5.69 Å². The molecule has 25 heavy (non-hydrogen) atoms. The van der Waals surface area contributed by atoms with Crippen molar-refractivity contribution in [1.82, 2.24) is 4.90 Å². The van der Waals surface area contributed by atoms with E-state index in [1.54, 1.807) is 41.4 Å². The van der Waals surface area contributed by atoms with Crippen LogP contribution in [0.5, 0.6) is 11.5 Å². The molecule has 0 aromatic heterocycles. The Kier molecular flexibility index (Phi) is 5.64. The molecule has 130 valence electrons. The first-order valence-corrected chi connectivity index (χ1v) is 8.13. The van der Waals surface area contributed by atoms with Crippen molar-refractivity contribution >= 4 is 17.8 Å². The molecule has 0 aliphatic carbocycles. The molecule has 1 N–H and O–H groups in total. The fourth-order valence-electron chi connectivity index (χ4n) is 2.42. The molecule has 1 heterocycles. The predicted molar refractivity (Wildman–Crippen MR) is 94.7 cm³/mol. The third kappa shape index (κ3) is 4.81. The monoisotopic (exact) mass is 340 g/mol. The van der Waals surface area contributed by atoms with Crippen molar-refractivity contribution in [2.75, 3.05) is 32.9 Å². The maximum absolute atomic E-state index is 12.0. The largest absolute Gasteiger partial charge is 0.506 e. The molecule has 2 aromatic rings. The molecule has 0 spiro atoms. The summed E-state index contributed by atoms with van der Waals surface area (Å²) in [6.45, 7) is 2.41. The molecule has 1 amide bonds. The Labute approximate surface area is 146 Å². The lowest BCUT2D eigenvalue weighted by Gasteiger charge is -2.26. The molecule has 6 heteroatoms. The Bertz CT molecular complexity index is 737. The molecule has 0 saturated carbocycles. The van der Waals surface area contributed by atoms with Crippen LogP contribution in [0, 0.1) is 0 Å². The first-order valence-electron chi connectivity index (χ1n) is 8.13. The highest BCUT2D eigenvalue weighted by Gasteiger charge is 2.16. The zero-order valence-electron chi connectivity index (χ0n) is 13.8. The maximum Gasteiger partial charge on any atom is 0.260 e. The molecule has 0 radical (unpaired) electrons. The number of aromatic hydroxyl groups is 1. The van der Waals surface area contributed by atoms with Gasteiger partial charge in [0, 0.05) is 19.3 Å². The van der Waals surface area contributed by atoms with Gasteiger partial charge in [0.25, 0.3) is 5.91 Å². The van der Waals surface area contributed by atoms with Gasteiger partial charge in [0.15, 0.2) is 6.61 Å². The first-order chi connectivity index (χ1) is 12.2. The van der Waals surface area contributed by atoms with E-state index in [9.17, 15) is 9.90 Å². The van der Waals surface area contributed by atoms with E-state index in [1.807, 2.05) is 18.2 Å². The fourth-order valence-corrected chi connectivity index (χ4v) is 2.42. The average molecular weight is 340 g/mol. The van der Waals surface area contributed by atoms with E-state index in [1.165, 1.54) is 0 Å². The Hall–Kier alpha value is -2.86. The number of rotatable bonds is 5. The summed E-state index contributed by atoms with van der Waals surface area (Å²) in [7, 11) is 0. The van der Waals surface area contributed by atoms with Crippen LogP contribution in [0.1, 0.15) is 5.56 Å². The molecule has 1 aliphatic heterocycles. The minimum atomic E-state index is -0.0338. The number of aliphatic imine (C=N–C) groups is 1. The van der Waals surface area contributed by atoms with Crippen LogP contribution in [-0.2, 0) is 9.53 Å². The highest BCUT2D eigenvalue weighted by molar-refractivity contribution is 5.83. The van der Waals surface area contributed by atoms with Crippen molar-refractivity contribution in [2.24, 2.45) is 4.99 Å². The van der Waals surface area contributed by atoms with Crippen LogP contribution in [0.25, 0.3) is 0 Å². The smallest absolute Gasteiger partial charge is 0.260 e. The second kappa shape index (κ2) is 8.30. The average Bonchev–Trinajstić information content (AvgIpc) is 2.67. The van der Waals surface area contributed by atoms with Gasteiger partial charge in [0.1, 0.15) is 17.2 Å². The van der Waals surface area contributed by atoms with E-state index in [0.717, 1.165) is 5.56 Å². The lowest BCUT2D eigenvalue weighted by molar-refractivity contribution is -0.137. The minimum Gasteiger partial charge on any atom is -0.506 e. The number of ether oxygens (including phenoxy) is 2. The van der Waals surface area contributed by atoms with Crippen molar-refractivity contribution in [3.05, 3.63) is 54.1 Å². The summed E-state index contributed by atoms with van der Waals surface area (Å²) in [6, 6.07) is 14.2. The number of phenolic OH excluding ortho intramolecular Hbond substituents is 1. The zero-order valence-corrected chi connectivity index (χ0v) is 13.8. The number of hydrogen-bond acceptors (Lipinski definition) is 5. The van der Waals surface area contributed by atoms with Crippen molar-refractivity contribution in [3.63, 3.8) is 0 Å². The van der Waals surface area contributed by atoms with Gasteiger partial charge >= 0.3 is 0 Å². The highest BCUT2D eigenvalue weighted by atomic mass is 16.5. The van der Waals surface area contributed by atoms with Gasteiger partial charge in [0.2, 0.25) is 0 Å². The fraction of sp³-hybridized carbons (Fsp3) is 0.263. The van der Waals surface area contributed by atoms with Gasteiger partial charge in [-0.3, -0.25) is 9.79 Å². The molecule has 2 aromatic carbocycles. The summed E-state index contributed by atoms with van der Waals surface area (Å²) in [5, 5.41) is 9.68. The van der Waals surface area contributed by atoms with Crippen LogP contribution in [0.3, 0.4) is 0 Å². The van der Waals surface area contributed by atoms with E-state index in [0.29, 0.717) is 37.7 Å². The number of carbonyl (C=O) groups is 1. The van der Waals surface area contributed by atoms with Crippen LogP contribution in [-0.4, -0.2) is 55.0 Å². The maximum atomic E-state index is 12.0. The first kappa shape index (κ1) is 17.0. The quantitative estimate of drug-likeness (QED) is 0.849. The molecular weight excluding hydrogens is 320 g/mol. The van der Waals surface area contributed by atoms with Gasteiger partial charge in [-0.25, -0.2) is 0 Å². The van der Waals surface area contributed by atoms with Crippen molar-refractivity contribution < 1.29 is 19.4 Å².